The maximum Gasteiger partial charge on any atom is 0.417 e. The van der Waals surface area contributed by atoms with E-state index in [0.717, 1.165) is 6.07 Å². The Kier molecular flexibility index (Phi) is 3.72. The topological polar surface area (TPSA) is 105 Å². The molecule has 2 aromatic heterocycles. The number of rotatable bonds is 3. The molecule has 0 spiro atoms. The molecule has 2 heterocycles. The zero-order chi connectivity index (χ0) is 17.3. The van der Waals surface area contributed by atoms with Crippen molar-refractivity contribution in [1.29, 1.82) is 0 Å². The lowest BCUT2D eigenvalue weighted by molar-refractivity contribution is -0.137. The number of carbonyl (C=O) groups is 1. The third-order valence-electron chi connectivity index (χ3n) is 3.19. The van der Waals surface area contributed by atoms with Crippen LogP contribution in [-0.2, 0) is 6.18 Å². The van der Waals surface area contributed by atoms with Gasteiger partial charge < -0.3 is 5.11 Å². The fourth-order valence-corrected chi connectivity index (χ4v) is 2.05. The average molecular weight is 335 g/mol. The first-order chi connectivity index (χ1) is 11.3. The van der Waals surface area contributed by atoms with Crippen molar-refractivity contribution in [3.63, 3.8) is 0 Å². The molecule has 0 aliphatic rings. The zero-order valence-electron chi connectivity index (χ0n) is 11.7. The van der Waals surface area contributed by atoms with Crippen LogP contribution in [0.25, 0.3) is 22.6 Å². The number of nitrogens with one attached hydrogen (secondary N) is 1. The summed E-state index contributed by atoms with van der Waals surface area (Å²) in [5.41, 5.74) is -0.0626. The van der Waals surface area contributed by atoms with Crippen LogP contribution in [0.2, 0.25) is 0 Å². The standard InChI is InChI=1S/C14H8F3N5O2/c15-14(16,17)10-1-2-11(18-6-10)7-3-8(12-19-21-22-20-12)5-9(4-7)13(23)24/h1-6H,(H,23,24)(H,19,20,21,22). The highest BCUT2D eigenvalue weighted by Crippen LogP contribution is 2.31. The van der Waals surface area contributed by atoms with Crippen molar-refractivity contribution < 1.29 is 23.1 Å². The smallest absolute Gasteiger partial charge is 0.417 e. The minimum absolute atomic E-state index is 0.0689. The predicted octanol–water partition coefficient (Wildman–Crippen LogP) is 2.65. The van der Waals surface area contributed by atoms with Crippen molar-refractivity contribution in [1.82, 2.24) is 25.6 Å². The number of nitrogens with zero attached hydrogens (tertiary/aromatic N) is 4. The van der Waals surface area contributed by atoms with E-state index in [0.29, 0.717) is 17.3 Å². The van der Waals surface area contributed by atoms with Gasteiger partial charge in [-0.25, -0.2) is 9.89 Å². The van der Waals surface area contributed by atoms with E-state index in [9.17, 15) is 23.1 Å². The van der Waals surface area contributed by atoms with Crippen LogP contribution in [-0.4, -0.2) is 36.7 Å². The van der Waals surface area contributed by atoms with Crippen molar-refractivity contribution in [2.75, 3.05) is 0 Å². The lowest BCUT2D eigenvalue weighted by Gasteiger charge is -2.08. The van der Waals surface area contributed by atoms with Crippen LogP contribution in [0.15, 0.2) is 36.5 Å². The van der Waals surface area contributed by atoms with Gasteiger partial charge in [-0.3, -0.25) is 4.98 Å². The maximum atomic E-state index is 12.6. The Hall–Kier alpha value is -3.30. The largest absolute Gasteiger partial charge is 0.478 e. The van der Waals surface area contributed by atoms with E-state index in [-0.39, 0.29) is 17.1 Å². The van der Waals surface area contributed by atoms with E-state index in [1.165, 1.54) is 24.3 Å². The molecule has 3 aromatic rings. The number of H-pyrrole nitrogens is 1. The van der Waals surface area contributed by atoms with Crippen molar-refractivity contribution in [3.8, 4) is 22.6 Å². The number of carboxylic acids is 1. The maximum absolute atomic E-state index is 12.6. The van der Waals surface area contributed by atoms with Crippen LogP contribution in [0.4, 0.5) is 13.2 Å². The molecule has 0 saturated heterocycles. The van der Waals surface area contributed by atoms with Crippen LogP contribution >= 0.6 is 0 Å². The highest BCUT2D eigenvalue weighted by Gasteiger charge is 2.30. The molecule has 24 heavy (non-hydrogen) atoms. The molecule has 3 rings (SSSR count). The first kappa shape index (κ1) is 15.6. The first-order valence-electron chi connectivity index (χ1n) is 6.51. The van der Waals surface area contributed by atoms with Gasteiger partial charge in [-0.05, 0) is 40.8 Å². The molecule has 0 radical (unpaired) electrons. The summed E-state index contributed by atoms with van der Waals surface area (Å²) in [6, 6.07) is 6.24. The SMILES string of the molecule is O=C(O)c1cc(-c2ccc(C(F)(F)F)cn2)cc(-c2nnn[nH]2)c1. The summed E-state index contributed by atoms with van der Waals surface area (Å²) in [5, 5.41) is 22.2. The van der Waals surface area contributed by atoms with Gasteiger partial charge in [-0.15, -0.1) is 5.10 Å². The predicted molar refractivity (Wildman–Crippen MR) is 74.8 cm³/mol. The summed E-state index contributed by atoms with van der Waals surface area (Å²) in [4.78, 5) is 15.0. The highest BCUT2D eigenvalue weighted by molar-refractivity contribution is 5.91. The van der Waals surface area contributed by atoms with Gasteiger partial charge in [0.2, 0.25) is 0 Å². The second-order valence-electron chi connectivity index (χ2n) is 4.78. The van der Waals surface area contributed by atoms with Crippen LogP contribution in [0.3, 0.4) is 0 Å². The van der Waals surface area contributed by atoms with Gasteiger partial charge in [0.25, 0.3) is 0 Å². The number of pyridine rings is 1. The molecule has 0 atom stereocenters. The lowest BCUT2D eigenvalue weighted by Crippen LogP contribution is -2.05. The van der Waals surface area contributed by atoms with Gasteiger partial charge in [0.1, 0.15) is 0 Å². The summed E-state index contributed by atoms with van der Waals surface area (Å²) < 4.78 is 37.8. The van der Waals surface area contributed by atoms with Gasteiger partial charge in [0.05, 0.1) is 16.8 Å². The van der Waals surface area contributed by atoms with Gasteiger partial charge in [0.15, 0.2) is 5.82 Å². The number of tetrazole rings is 1. The molecule has 0 fully saturated rings. The molecular formula is C14H8F3N5O2. The second kappa shape index (κ2) is 5.72. The molecule has 0 bridgehead atoms. The van der Waals surface area contributed by atoms with E-state index in [1.807, 2.05) is 0 Å². The van der Waals surface area contributed by atoms with Gasteiger partial charge in [-0.2, -0.15) is 13.2 Å². The average Bonchev–Trinajstić information content (AvgIpc) is 3.08. The molecule has 122 valence electrons. The minimum Gasteiger partial charge on any atom is -0.478 e. The number of carboxylic acid groups (broad SMARTS) is 1. The van der Waals surface area contributed by atoms with E-state index < -0.39 is 17.7 Å². The Morgan fingerprint density at radius 3 is 2.42 bits per heavy atom. The second-order valence-corrected chi connectivity index (χ2v) is 4.78. The molecule has 10 heteroatoms. The summed E-state index contributed by atoms with van der Waals surface area (Å²) in [6.07, 6.45) is -3.80. The first-order valence-corrected chi connectivity index (χ1v) is 6.51. The van der Waals surface area contributed by atoms with E-state index >= 15 is 0 Å². The van der Waals surface area contributed by atoms with Crippen LogP contribution in [0.5, 0.6) is 0 Å². The van der Waals surface area contributed by atoms with Crippen molar-refractivity contribution in [2.45, 2.75) is 6.18 Å². The van der Waals surface area contributed by atoms with Crippen LogP contribution in [0, 0.1) is 0 Å². The number of aromatic nitrogens is 5. The quantitative estimate of drug-likeness (QED) is 0.762. The Morgan fingerprint density at radius 2 is 1.88 bits per heavy atom. The molecule has 0 amide bonds. The third-order valence-corrected chi connectivity index (χ3v) is 3.19. The van der Waals surface area contributed by atoms with E-state index in [1.54, 1.807) is 0 Å². The van der Waals surface area contributed by atoms with E-state index in [2.05, 4.69) is 25.6 Å². The molecule has 0 aliphatic heterocycles. The Morgan fingerprint density at radius 1 is 1.12 bits per heavy atom. The summed E-state index contributed by atoms with van der Waals surface area (Å²) in [5.74, 6) is -0.969. The fourth-order valence-electron chi connectivity index (χ4n) is 2.05. The number of hydrogen-bond donors (Lipinski definition) is 2. The zero-order valence-corrected chi connectivity index (χ0v) is 11.7. The number of alkyl halides is 3. The molecule has 7 nitrogen and oxygen atoms in total. The normalized spacial score (nSPS) is 11.5. The molecule has 0 unspecified atom stereocenters. The Labute approximate surface area is 132 Å². The summed E-state index contributed by atoms with van der Waals surface area (Å²) in [7, 11) is 0. The number of halogens is 3. The molecule has 0 aliphatic carbocycles. The molecule has 0 saturated carbocycles. The van der Waals surface area contributed by atoms with Gasteiger partial charge in [0, 0.05) is 17.3 Å². The van der Waals surface area contributed by atoms with Crippen molar-refractivity contribution in [2.24, 2.45) is 0 Å². The van der Waals surface area contributed by atoms with Crippen LogP contribution in [0.1, 0.15) is 15.9 Å². The monoisotopic (exact) mass is 335 g/mol. The Balaban J connectivity index is 2.08. The number of hydrogen-bond acceptors (Lipinski definition) is 5. The summed E-state index contributed by atoms with van der Waals surface area (Å²) in [6.45, 7) is 0. The Bertz CT molecular complexity index is 876. The number of aromatic amines is 1. The number of aromatic carboxylic acids is 1. The molecular weight excluding hydrogens is 327 g/mol. The van der Waals surface area contributed by atoms with E-state index in [4.69, 9.17) is 0 Å². The summed E-state index contributed by atoms with van der Waals surface area (Å²) >= 11 is 0. The third kappa shape index (κ3) is 3.07. The highest BCUT2D eigenvalue weighted by atomic mass is 19.4. The van der Waals surface area contributed by atoms with Gasteiger partial charge >= 0.3 is 12.1 Å². The lowest BCUT2D eigenvalue weighted by atomic mass is 10.0. The van der Waals surface area contributed by atoms with Crippen molar-refractivity contribution >= 4 is 5.97 Å². The van der Waals surface area contributed by atoms with Gasteiger partial charge in [-0.1, -0.05) is 0 Å². The van der Waals surface area contributed by atoms with Crippen LogP contribution < -0.4 is 0 Å². The molecule has 1 aromatic carbocycles. The molecule has 2 N–H and O–H groups in total. The fraction of sp³-hybridized carbons (Fsp3) is 0.0714. The number of benzene rings is 1. The van der Waals surface area contributed by atoms with Crippen molar-refractivity contribution in [3.05, 3.63) is 47.7 Å². The minimum atomic E-state index is -4.49.